The van der Waals surface area contributed by atoms with Crippen molar-refractivity contribution < 1.29 is 9.59 Å². The van der Waals surface area contributed by atoms with Gasteiger partial charge in [-0.2, -0.15) is 0 Å². The lowest BCUT2D eigenvalue weighted by Crippen LogP contribution is -2.27. The van der Waals surface area contributed by atoms with E-state index in [0.29, 0.717) is 16.8 Å². The Morgan fingerprint density at radius 2 is 1.87 bits per heavy atom. The standard InChI is InChI=1S/C18H15BrN2O2/c1-2-13-4-3-5-16(12-13)21-17(22)10-11-20-18(23)14-6-8-15(19)9-7-14/h1,3-9,12H,10-11H2,(H,20,23)(H,21,22). The highest BCUT2D eigenvalue weighted by atomic mass is 79.9. The Hall–Kier alpha value is -2.58. The van der Waals surface area contributed by atoms with E-state index < -0.39 is 0 Å². The Kier molecular flexibility index (Phi) is 5.95. The number of benzene rings is 2. The third-order valence-electron chi connectivity index (χ3n) is 3.06. The Morgan fingerprint density at radius 1 is 1.13 bits per heavy atom. The van der Waals surface area contributed by atoms with Crippen LogP contribution >= 0.6 is 15.9 Å². The van der Waals surface area contributed by atoms with Crippen LogP contribution < -0.4 is 10.6 Å². The van der Waals surface area contributed by atoms with Crippen LogP contribution in [-0.4, -0.2) is 18.4 Å². The first-order valence-corrected chi connectivity index (χ1v) is 7.78. The number of nitrogens with one attached hydrogen (secondary N) is 2. The van der Waals surface area contributed by atoms with Crippen molar-refractivity contribution in [2.75, 3.05) is 11.9 Å². The summed E-state index contributed by atoms with van der Waals surface area (Å²) in [4.78, 5) is 23.8. The molecule has 0 bridgehead atoms. The fourth-order valence-corrected chi connectivity index (χ4v) is 2.17. The molecule has 2 rings (SSSR count). The van der Waals surface area contributed by atoms with E-state index in [9.17, 15) is 9.59 Å². The van der Waals surface area contributed by atoms with Crippen LogP contribution in [-0.2, 0) is 4.79 Å². The fraction of sp³-hybridized carbons (Fsp3) is 0.111. The van der Waals surface area contributed by atoms with Gasteiger partial charge in [0.05, 0.1) is 0 Å². The topological polar surface area (TPSA) is 58.2 Å². The zero-order valence-corrected chi connectivity index (χ0v) is 13.9. The summed E-state index contributed by atoms with van der Waals surface area (Å²) in [5.74, 6) is 2.12. The summed E-state index contributed by atoms with van der Waals surface area (Å²) < 4.78 is 0.905. The van der Waals surface area contributed by atoms with Crippen molar-refractivity contribution in [3.63, 3.8) is 0 Å². The Morgan fingerprint density at radius 3 is 2.57 bits per heavy atom. The Balaban J connectivity index is 1.79. The van der Waals surface area contributed by atoms with Gasteiger partial charge in [0, 0.05) is 34.3 Å². The SMILES string of the molecule is C#Cc1cccc(NC(=O)CCNC(=O)c2ccc(Br)cc2)c1. The van der Waals surface area contributed by atoms with Crippen LogP contribution in [0.5, 0.6) is 0 Å². The molecule has 0 saturated heterocycles. The molecule has 0 saturated carbocycles. The van der Waals surface area contributed by atoms with Gasteiger partial charge >= 0.3 is 0 Å². The molecular weight excluding hydrogens is 356 g/mol. The van der Waals surface area contributed by atoms with E-state index in [1.165, 1.54) is 0 Å². The predicted octanol–water partition coefficient (Wildman–Crippen LogP) is 3.19. The van der Waals surface area contributed by atoms with Gasteiger partial charge in [0.2, 0.25) is 5.91 Å². The number of hydrogen-bond donors (Lipinski definition) is 2. The van der Waals surface area contributed by atoms with Gasteiger partial charge in [-0.1, -0.05) is 27.9 Å². The van der Waals surface area contributed by atoms with E-state index in [0.717, 1.165) is 4.47 Å². The Labute approximate surface area is 143 Å². The Bertz CT molecular complexity index is 748. The average Bonchev–Trinajstić information content (AvgIpc) is 2.55. The number of halogens is 1. The van der Waals surface area contributed by atoms with Gasteiger partial charge in [-0.15, -0.1) is 6.42 Å². The van der Waals surface area contributed by atoms with Gasteiger partial charge < -0.3 is 10.6 Å². The molecule has 0 aliphatic heterocycles. The molecule has 0 aliphatic rings. The molecule has 23 heavy (non-hydrogen) atoms. The van der Waals surface area contributed by atoms with Crippen molar-refractivity contribution in [2.45, 2.75) is 6.42 Å². The van der Waals surface area contributed by atoms with Gasteiger partial charge in [-0.25, -0.2) is 0 Å². The molecule has 0 heterocycles. The first-order chi connectivity index (χ1) is 11.1. The molecule has 0 fully saturated rings. The molecule has 2 aromatic carbocycles. The normalized spacial score (nSPS) is 9.74. The van der Waals surface area contributed by atoms with Crippen molar-refractivity contribution in [3.05, 3.63) is 64.1 Å². The molecule has 0 unspecified atom stereocenters. The largest absolute Gasteiger partial charge is 0.352 e. The number of amides is 2. The van der Waals surface area contributed by atoms with Gasteiger partial charge in [0.1, 0.15) is 0 Å². The summed E-state index contributed by atoms with van der Waals surface area (Å²) in [7, 11) is 0. The molecule has 2 amide bonds. The van der Waals surface area contributed by atoms with E-state index >= 15 is 0 Å². The quantitative estimate of drug-likeness (QED) is 0.794. The van der Waals surface area contributed by atoms with E-state index in [4.69, 9.17) is 6.42 Å². The smallest absolute Gasteiger partial charge is 0.251 e. The number of terminal acetylenes is 1. The van der Waals surface area contributed by atoms with E-state index in [2.05, 4.69) is 32.5 Å². The maximum absolute atomic E-state index is 11.9. The zero-order chi connectivity index (χ0) is 16.7. The molecular formula is C18H15BrN2O2. The summed E-state index contributed by atoms with van der Waals surface area (Å²) in [6.07, 6.45) is 5.50. The maximum Gasteiger partial charge on any atom is 0.251 e. The maximum atomic E-state index is 11.9. The second kappa shape index (κ2) is 8.16. The minimum absolute atomic E-state index is 0.183. The van der Waals surface area contributed by atoms with Gasteiger partial charge in [-0.05, 0) is 42.5 Å². The fourth-order valence-electron chi connectivity index (χ4n) is 1.90. The molecule has 0 atom stereocenters. The van der Waals surface area contributed by atoms with Crippen molar-refractivity contribution >= 4 is 33.4 Å². The second-order valence-corrected chi connectivity index (χ2v) is 5.70. The van der Waals surface area contributed by atoms with Crippen molar-refractivity contribution in [2.24, 2.45) is 0 Å². The van der Waals surface area contributed by atoms with Gasteiger partial charge in [0.15, 0.2) is 0 Å². The molecule has 0 radical (unpaired) electrons. The summed E-state index contributed by atoms with van der Waals surface area (Å²) in [5.41, 5.74) is 1.89. The van der Waals surface area contributed by atoms with E-state index in [1.54, 1.807) is 48.5 Å². The van der Waals surface area contributed by atoms with E-state index in [1.807, 2.05) is 0 Å². The average molecular weight is 371 g/mol. The van der Waals surface area contributed by atoms with Gasteiger partial charge in [0.25, 0.3) is 5.91 Å². The number of carbonyl (C=O) groups is 2. The number of anilines is 1. The monoisotopic (exact) mass is 370 g/mol. The minimum Gasteiger partial charge on any atom is -0.352 e. The van der Waals surface area contributed by atoms with Crippen molar-refractivity contribution in [3.8, 4) is 12.3 Å². The second-order valence-electron chi connectivity index (χ2n) is 4.79. The number of hydrogen-bond acceptors (Lipinski definition) is 2. The highest BCUT2D eigenvalue weighted by Crippen LogP contribution is 2.11. The van der Waals surface area contributed by atoms with Crippen LogP contribution in [0.15, 0.2) is 53.0 Å². The molecule has 0 spiro atoms. The lowest BCUT2D eigenvalue weighted by molar-refractivity contribution is -0.116. The first kappa shape index (κ1) is 16.8. The van der Waals surface area contributed by atoms with Crippen LogP contribution in [0.25, 0.3) is 0 Å². The predicted molar refractivity (Wildman–Crippen MR) is 94.1 cm³/mol. The third kappa shape index (κ3) is 5.28. The van der Waals surface area contributed by atoms with Crippen molar-refractivity contribution in [1.29, 1.82) is 0 Å². The zero-order valence-electron chi connectivity index (χ0n) is 12.3. The van der Waals surface area contributed by atoms with Gasteiger partial charge in [-0.3, -0.25) is 9.59 Å². The lowest BCUT2D eigenvalue weighted by atomic mass is 10.2. The minimum atomic E-state index is -0.209. The molecule has 2 aromatic rings. The number of rotatable bonds is 5. The van der Waals surface area contributed by atoms with Crippen LogP contribution in [0.3, 0.4) is 0 Å². The highest BCUT2D eigenvalue weighted by molar-refractivity contribution is 9.10. The van der Waals surface area contributed by atoms with E-state index in [-0.39, 0.29) is 24.8 Å². The highest BCUT2D eigenvalue weighted by Gasteiger charge is 2.07. The third-order valence-corrected chi connectivity index (χ3v) is 3.59. The summed E-state index contributed by atoms with van der Waals surface area (Å²) >= 11 is 3.31. The molecule has 116 valence electrons. The lowest BCUT2D eigenvalue weighted by Gasteiger charge is -2.07. The molecule has 0 aromatic heterocycles. The summed E-state index contributed by atoms with van der Waals surface area (Å²) in [6.45, 7) is 0.259. The molecule has 0 aliphatic carbocycles. The molecule has 2 N–H and O–H groups in total. The first-order valence-electron chi connectivity index (χ1n) is 6.99. The van der Waals surface area contributed by atoms with Crippen molar-refractivity contribution in [1.82, 2.24) is 5.32 Å². The summed E-state index contributed by atoms with van der Waals surface area (Å²) in [6, 6.07) is 14.1. The number of carbonyl (C=O) groups excluding carboxylic acids is 2. The molecule has 4 nitrogen and oxygen atoms in total. The van der Waals surface area contributed by atoms with Crippen LogP contribution in [0, 0.1) is 12.3 Å². The van der Waals surface area contributed by atoms with Crippen LogP contribution in [0.1, 0.15) is 22.3 Å². The van der Waals surface area contributed by atoms with Crippen LogP contribution in [0.4, 0.5) is 5.69 Å². The van der Waals surface area contributed by atoms with Crippen LogP contribution in [0.2, 0.25) is 0 Å². The molecule has 5 heteroatoms. The summed E-state index contributed by atoms with van der Waals surface area (Å²) in [5, 5.41) is 5.46.